The summed E-state index contributed by atoms with van der Waals surface area (Å²) >= 11 is 0. The molecule has 1 aliphatic carbocycles. The molecular formula is C12H18N2O. The molecule has 1 spiro atoms. The third-order valence-corrected chi connectivity index (χ3v) is 4.55. The number of nitrogens with one attached hydrogen (secondary N) is 1. The van der Waals surface area contributed by atoms with Crippen LogP contribution in [0.4, 0.5) is 0 Å². The molecule has 0 amide bonds. The number of aryl methyl sites for hydroxylation is 1. The first-order valence-electron chi connectivity index (χ1n) is 5.80. The summed E-state index contributed by atoms with van der Waals surface area (Å²) < 4.78 is 5.54. The van der Waals surface area contributed by atoms with Crippen molar-refractivity contribution in [3.8, 4) is 0 Å². The highest BCUT2D eigenvalue weighted by Gasteiger charge is 2.53. The fraction of sp³-hybridized carbons (Fsp3) is 0.750. The molecule has 82 valence electrons. The standard InChI is InChI=1S/C12H18N2O/c1-11(2)4-3-9-7-14-15-10(9)12(11)5-6-13-8-12/h7,13H,3-6,8H2,1-2H3. The van der Waals surface area contributed by atoms with E-state index >= 15 is 0 Å². The molecule has 1 aromatic rings. The second kappa shape index (κ2) is 2.85. The second-order valence-electron chi connectivity index (χ2n) is 5.57. The normalized spacial score (nSPS) is 33.2. The van der Waals surface area contributed by atoms with Crippen LogP contribution in [0.2, 0.25) is 0 Å². The van der Waals surface area contributed by atoms with Gasteiger partial charge in [-0.3, -0.25) is 0 Å². The van der Waals surface area contributed by atoms with Gasteiger partial charge in [-0.1, -0.05) is 19.0 Å². The summed E-state index contributed by atoms with van der Waals surface area (Å²) in [7, 11) is 0. The molecule has 15 heavy (non-hydrogen) atoms. The molecule has 0 saturated carbocycles. The number of nitrogens with zero attached hydrogens (tertiary/aromatic N) is 1. The van der Waals surface area contributed by atoms with E-state index in [0.29, 0.717) is 5.41 Å². The number of fused-ring (bicyclic) bond motifs is 2. The summed E-state index contributed by atoms with van der Waals surface area (Å²) in [5, 5.41) is 7.47. The molecule has 1 fully saturated rings. The molecule has 1 unspecified atom stereocenters. The van der Waals surface area contributed by atoms with E-state index in [4.69, 9.17) is 4.52 Å². The van der Waals surface area contributed by atoms with Gasteiger partial charge in [-0.15, -0.1) is 0 Å². The van der Waals surface area contributed by atoms with Crippen LogP contribution in [0, 0.1) is 5.41 Å². The Bertz CT molecular complexity index is 375. The summed E-state index contributed by atoms with van der Waals surface area (Å²) in [6, 6.07) is 0. The molecule has 1 aliphatic heterocycles. The van der Waals surface area contributed by atoms with Gasteiger partial charge in [-0.2, -0.15) is 0 Å². The molecule has 1 atom stereocenters. The highest BCUT2D eigenvalue weighted by molar-refractivity contribution is 5.32. The number of rotatable bonds is 0. The van der Waals surface area contributed by atoms with Gasteiger partial charge in [0.1, 0.15) is 5.76 Å². The van der Waals surface area contributed by atoms with Gasteiger partial charge in [0.2, 0.25) is 0 Å². The van der Waals surface area contributed by atoms with Gasteiger partial charge in [-0.05, 0) is 31.2 Å². The molecule has 1 aromatic heterocycles. The maximum atomic E-state index is 5.54. The lowest BCUT2D eigenvalue weighted by Gasteiger charge is -2.45. The Morgan fingerprint density at radius 3 is 3.00 bits per heavy atom. The zero-order valence-corrected chi connectivity index (χ0v) is 9.47. The zero-order valence-electron chi connectivity index (χ0n) is 9.47. The van der Waals surface area contributed by atoms with Crippen molar-refractivity contribution >= 4 is 0 Å². The van der Waals surface area contributed by atoms with E-state index in [1.54, 1.807) is 0 Å². The van der Waals surface area contributed by atoms with Crippen molar-refractivity contribution in [3.63, 3.8) is 0 Å². The zero-order chi connectivity index (χ0) is 10.5. The van der Waals surface area contributed by atoms with Crippen molar-refractivity contribution < 1.29 is 4.52 Å². The quantitative estimate of drug-likeness (QED) is 0.704. The maximum absolute atomic E-state index is 5.54. The smallest absolute Gasteiger partial charge is 0.147 e. The number of hydrogen-bond donors (Lipinski definition) is 1. The van der Waals surface area contributed by atoms with Crippen LogP contribution in [0.5, 0.6) is 0 Å². The Morgan fingerprint density at radius 2 is 2.27 bits per heavy atom. The van der Waals surface area contributed by atoms with Crippen molar-refractivity contribution in [2.45, 2.75) is 38.5 Å². The fourth-order valence-electron chi connectivity index (χ4n) is 3.29. The SMILES string of the molecule is CC1(C)CCc2cnoc2C12CCNC2. The van der Waals surface area contributed by atoms with Crippen LogP contribution >= 0.6 is 0 Å². The minimum Gasteiger partial charge on any atom is -0.360 e. The van der Waals surface area contributed by atoms with E-state index in [9.17, 15) is 0 Å². The van der Waals surface area contributed by atoms with Crippen LogP contribution in [0.3, 0.4) is 0 Å². The third kappa shape index (κ3) is 1.07. The van der Waals surface area contributed by atoms with Crippen LogP contribution in [0.1, 0.15) is 38.0 Å². The van der Waals surface area contributed by atoms with Crippen molar-refractivity contribution in [2.24, 2.45) is 5.41 Å². The molecule has 0 aromatic carbocycles. The fourth-order valence-corrected chi connectivity index (χ4v) is 3.29. The van der Waals surface area contributed by atoms with E-state index in [-0.39, 0.29) is 5.41 Å². The van der Waals surface area contributed by atoms with Gasteiger partial charge >= 0.3 is 0 Å². The summed E-state index contributed by atoms with van der Waals surface area (Å²) in [5.41, 5.74) is 1.85. The lowest BCUT2D eigenvalue weighted by atomic mass is 9.57. The Morgan fingerprint density at radius 1 is 1.40 bits per heavy atom. The van der Waals surface area contributed by atoms with E-state index < -0.39 is 0 Å². The third-order valence-electron chi connectivity index (χ3n) is 4.55. The number of aromatic nitrogens is 1. The molecule has 3 heteroatoms. The average Bonchev–Trinajstić information content (AvgIpc) is 2.83. The summed E-state index contributed by atoms with van der Waals surface area (Å²) in [6.07, 6.45) is 5.45. The van der Waals surface area contributed by atoms with E-state index in [1.165, 1.54) is 18.4 Å². The van der Waals surface area contributed by atoms with Gasteiger partial charge in [0, 0.05) is 12.1 Å². The molecule has 1 N–H and O–H groups in total. The van der Waals surface area contributed by atoms with Crippen LogP contribution in [0.15, 0.2) is 10.7 Å². The molecule has 0 radical (unpaired) electrons. The van der Waals surface area contributed by atoms with Crippen molar-refractivity contribution in [1.29, 1.82) is 0 Å². The predicted octanol–water partition coefficient (Wildman–Crippen LogP) is 1.88. The molecule has 3 rings (SSSR count). The topological polar surface area (TPSA) is 38.1 Å². The Kier molecular flexibility index (Phi) is 1.78. The lowest BCUT2D eigenvalue weighted by molar-refractivity contribution is 0.111. The molecule has 2 aliphatic rings. The largest absolute Gasteiger partial charge is 0.360 e. The highest BCUT2D eigenvalue weighted by atomic mass is 16.5. The van der Waals surface area contributed by atoms with Crippen molar-refractivity contribution in [2.75, 3.05) is 13.1 Å². The van der Waals surface area contributed by atoms with E-state index in [1.807, 2.05) is 6.20 Å². The Hall–Kier alpha value is -0.830. The van der Waals surface area contributed by atoms with Crippen molar-refractivity contribution in [3.05, 3.63) is 17.5 Å². The predicted molar refractivity (Wildman–Crippen MR) is 57.8 cm³/mol. The van der Waals surface area contributed by atoms with E-state index in [2.05, 4.69) is 24.3 Å². The molecule has 1 saturated heterocycles. The minimum atomic E-state index is 0.192. The molecular weight excluding hydrogens is 188 g/mol. The monoisotopic (exact) mass is 206 g/mol. The van der Waals surface area contributed by atoms with E-state index in [0.717, 1.165) is 25.3 Å². The highest BCUT2D eigenvalue weighted by Crippen LogP contribution is 2.52. The molecule has 3 nitrogen and oxygen atoms in total. The van der Waals surface area contributed by atoms with Crippen LogP contribution < -0.4 is 5.32 Å². The Labute approximate surface area is 90.2 Å². The van der Waals surface area contributed by atoms with Gasteiger partial charge < -0.3 is 9.84 Å². The Balaban J connectivity index is 2.16. The first-order valence-corrected chi connectivity index (χ1v) is 5.80. The first-order chi connectivity index (χ1) is 7.16. The number of hydrogen-bond acceptors (Lipinski definition) is 3. The molecule has 0 bridgehead atoms. The van der Waals surface area contributed by atoms with Gasteiger partial charge in [0.05, 0.1) is 11.6 Å². The summed E-state index contributed by atoms with van der Waals surface area (Å²) in [5.74, 6) is 1.16. The van der Waals surface area contributed by atoms with Gasteiger partial charge in [0.25, 0.3) is 0 Å². The first kappa shape index (κ1) is 9.40. The van der Waals surface area contributed by atoms with Gasteiger partial charge in [0.15, 0.2) is 0 Å². The summed E-state index contributed by atoms with van der Waals surface area (Å²) in [4.78, 5) is 0. The molecule has 2 heterocycles. The minimum absolute atomic E-state index is 0.192. The van der Waals surface area contributed by atoms with Gasteiger partial charge in [-0.25, -0.2) is 0 Å². The van der Waals surface area contributed by atoms with Crippen LogP contribution in [-0.2, 0) is 11.8 Å². The van der Waals surface area contributed by atoms with Crippen LogP contribution in [0.25, 0.3) is 0 Å². The second-order valence-corrected chi connectivity index (χ2v) is 5.57. The van der Waals surface area contributed by atoms with Crippen molar-refractivity contribution in [1.82, 2.24) is 10.5 Å². The van der Waals surface area contributed by atoms with Crippen LogP contribution in [-0.4, -0.2) is 18.2 Å². The summed E-state index contributed by atoms with van der Waals surface area (Å²) in [6.45, 7) is 6.88. The lowest BCUT2D eigenvalue weighted by Crippen LogP contribution is -2.46. The average molecular weight is 206 g/mol. The maximum Gasteiger partial charge on any atom is 0.147 e.